The van der Waals surface area contributed by atoms with Crippen molar-refractivity contribution in [3.8, 4) is 11.4 Å². The van der Waals surface area contributed by atoms with Crippen LogP contribution in [0.4, 0.5) is 0 Å². The van der Waals surface area contributed by atoms with Gasteiger partial charge in [-0.15, -0.1) is 24.0 Å². The summed E-state index contributed by atoms with van der Waals surface area (Å²) in [5, 5.41) is 21.1. The number of aliphatic imine (C=N–C) groups is 1. The number of benzene rings is 2. The molecular formula is C23H31IN6O2. The molecule has 172 valence electrons. The van der Waals surface area contributed by atoms with Gasteiger partial charge in [0.15, 0.2) is 5.96 Å². The van der Waals surface area contributed by atoms with E-state index in [-0.39, 0.29) is 30.1 Å². The second kappa shape index (κ2) is 13.0. The van der Waals surface area contributed by atoms with Gasteiger partial charge in [0.2, 0.25) is 0 Å². The number of aliphatic hydroxyl groups is 1. The first-order valence-electron chi connectivity index (χ1n) is 10.5. The summed E-state index contributed by atoms with van der Waals surface area (Å²) in [4.78, 5) is 8.58. The SMILES string of the molecule is CCNC(=NCc1ccc(-n2cncn2)cc1)NCC(O)c1cccc(OC(C)C)c1.I. The first-order valence-corrected chi connectivity index (χ1v) is 10.5. The third-order valence-electron chi connectivity index (χ3n) is 4.46. The molecule has 8 nitrogen and oxygen atoms in total. The van der Waals surface area contributed by atoms with Gasteiger partial charge in [0.25, 0.3) is 0 Å². The third kappa shape index (κ3) is 7.79. The minimum atomic E-state index is -0.679. The topological polar surface area (TPSA) is 96.6 Å². The van der Waals surface area contributed by atoms with Crippen molar-refractivity contribution < 1.29 is 9.84 Å². The Morgan fingerprint density at radius 2 is 1.94 bits per heavy atom. The minimum Gasteiger partial charge on any atom is -0.491 e. The molecule has 0 aliphatic rings. The number of guanidine groups is 1. The quantitative estimate of drug-likeness (QED) is 0.215. The molecule has 2 aromatic carbocycles. The van der Waals surface area contributed by atoms with Crippen molar-refractivity contribution in [2.45, 2.75) is 39.5 Å². The number of rotatable bonds is 9. The number of aliphatic hydroxyl groups excluding tert-OH is 1. The Balaban J connectivity index is 0.00000363. The van der Waals surface area contributed by atoms with E-state index in [0.29, 0.717) is 19.0 Å². The van der Waals surface area contributed by atoms with E-state index in [1.54, 1.807) is 11.0 Å². The van der Waals surface area contributed by atoms with Gasteiger partial charge < -0.3 is 20.5 Å². The van der Waals surface area contributed by atoms with E-state index >= 15 is 0 Å². The fourth-order valence-electron chi connectivity index (χ4n) is 2.99. The van der Waals surface area contributed by atoms with Crippen molar-refractivity contribution in [1.82, 2.24) is 25.4 Å². The number of hydrogen-bond donors (Lipinski definition) is 3. The van der Waals surface area contributed by atoms with Crippen LogP contribution in [0.25, 0.3) is 5.69 Å². The van der Waals surface area contributed by atoms with Crippen molar-refractivity contribution >= 4 is 29.9 Å². The van der Waals surface area contributed by atoms with Crippen LogP contribution in [0.5, 0.6) is 5.75 Å². The van der Waals surface area contributed by atoms with Crippen molar-refractivity contribution in [3.63, 3.8) is 0 Å². The lowest BCUT2D eigenvalue weighted by Crippen LogP contribution is -2.39. The van der Waals surface area contributed by atoms with E-state index in [9.17, 15) is 5.11 Å². The van der Waals surface area contributed by atoms with Crippen LogP contribution in [0.2, 0.25) is 0 Å². The third-order valence-corrected chi connectivity index (χ3v) is 4.46. The van der Waals surface area contributed by atoms with Gasteiger partial charge in [-0.25, -0.2) is 14.7 Å². The zero-order valence-electron chi connectivity index (χ0n) is 18.6. The molecule has 1 atom stereocenters. The fourth-order valence-corrected chi connectivity index (χ4v) is 2.99. The smallest absolute Gasteiger partial charge is 0.191 e. The molecule has 0 spiro atoms. The second-order valence-corrected chi connectivity index (χ2v) is 7.34. The van der Waals surface area contributed by atoms with Gasteiger partial charge in [-0.3, -0.25) is 0 Å². The highest BCUT2D eigenvalue weighted by Crippen LogP contribution is 2.20. The van der Waals surface area contributed by atoms with Crippen molar-refractivity contribution in [3.05, 3.63) is 72.3 Å². The number of aromatic nitrogens is 3. The Labute approximate surface area is 206 Å². The summed E-state index contributed by atoms with van der Waals surface area (Å²) in [5.74, 6) is 1.40. The first-order chi connectivity index (χ1) is 15.0. The Bertz CT molecular complexity index is 961. The maximum absolute atomic E-state index is 10.6. The lowest BCUT2D eigenvalue weighted by molar-refractivity contribution is 0.179. The molecule has 1 unspecified atom stereocenters. The second-order valence-electron chi connectivity index (χ2n) is 7.34. The average Bonchev–Trinajstić information content (AvgIpc) is 3.30. The highest BCUT2D eigenvalue weighted by Gasteiger charge is 2.10. The summed E-state index contributed by atoms with van der Waals surface area (Å²) in [6.07, 6.45) is 2.58. The van der Waals surface area contributed by atoms with Gasteiger partial charge in [-0.05, 0) is 56.2 Å². The summed E-state index contributed by atoms with van der Waals surface area (Å²) in [6.45, 7) is 7.54. The van der Waals surface area contributed by atoms with Crippen LogP contribution in [0.15, 0.2) is 66.2 Å². The standard InChI is InChI=1S/C23H30N6O2.HI/c1-4-25-23(26-13-18-8-10-20(11-9-18)29-16-24-15-28-29)27-14-22(30)19-6-5-7-21(12-19)31-17(2)3;/h5-12,15-17,22,30H,4,13-14H2,1-3H3,(H2,25,26,27);1H. The number of nitrogens with one attached hydrogen (secondary N) is 2. The molecule has 0 bridgehead atoms. The van der Waals surface area contributed by atoms with Crippen LogP contribution in [-0.4, -0.2) is 45.0 Å². The molecule has 3 aromatic rings. The fraction of sp³-hybridized carbons (Fsp3) is 0.348. The minimum absolute atomic E-state index is 0. The summed E-state index contributed by atoms with van der Waals surface area (Å²) in [6, 6.07) is 15.5. The Hall–Kier alpha value is -2.66. The van der Waals surface area contributed by atoms with Gasteiger partial charge in [0.1, 0.15) is 18.4 Å². The molecule has 0 amide bonds. The molecule has 1 heterocycles. The Morgan fingerprint density at radius 3 is 2.59 bits per heavy atom. The monoisotopic (exact) mass is 550 g/mol. The van der Waals surface area contributed by atoms with Gasteiger partial charge in [0, 0.05) is 13.1 Å². The van der Waals surface area contributed by atoms with Crippen molar-refractivity contribution in [2.75, 3.05) is 13.1 Å². The van der Waals surface area contributed by atoms with E-state index < -0.39 is 6.10 Å². The van der Waals surface area contributed by atoms with E-state index in [1.807, 2.05) is 69.3 Å². The summed E-state index contributed by atoms with van der Waals surface area (Å²) in [7, 11) is 0. The molecule has 0 radical (unpaired) electrons. The van der Waals surface area contributed by atoms with E-state index in [1.165, 1.54) is 6.33 Å². The van der Waals surface area contributed by atoms with Crippen LogP contribution in [0.1, 0.15) is 38.0 Å². The molecule has 1 aromatic heterocycles. The number of halogens is 1. The Kier molecular flexibility index (Phi) is 10.4. The molecule has 9 heteroatoms. The summed E-state index contributed by atoms with van der Waals surface area (Å²) in [5.41, 5.74) is 2.81. The molecule has 3 N–H and O–H groups in total. The maximum Gasteiger partial charge on any atom is 0.191 e. The van der Waals surface area contributed by atoms with Crippen LogP contribution < -0.4 is 15.4 Å². The van der Waals surface area contributed by atoms with E-state index in [4.69, 9.17) is 4.74 Å². The van der Waals surface area contributed by atoms with Crippen LogP contribution in [0, 0.1) is 0 Å². The zero-order valence-corrected chi connectivity index (χ0v) is 20.9. The molecular weight excluding hydrogens is 519 g/mol. The number of ether oxygens (including phenoxy) is 1. The first kappa shape index (κ1) is 25.6. The van der Waals surface area contributed by atoms with Gasteiger partial charge in [-0.2, -0.15) is 5.10 Å². The Morgan fingerprint density at radius 1 is 1.16 bits per heavy atom. The molecule has 3 rings (SSSR count). The molecule has 0 aliphatic carbocycles. The summed E-state index contributed by atoms with van der Waals surface area (Å²) < 4.78 is 7.42. The normalized spacial score (nSPS) is 12.2. The van der Waals surface area contributed by atoms with Gasteiger partial charge in [-0.1, -0.05) is 24.3 Å². The zero-order chi connectivity index (χ0) is 22.1. The van der Waals surface area contributed by atoms with Gasteiger partial charge in [0.05, 0.1) is 24.4 Å². The maximum atomic E-state index is 10.6. The summed E-state index contributed by atoms with van der Waals surface area (Å²) >= 11 is 0. The molecule has 32 heavy (non-hydrogen) atoms. The largest absolute Gasteiger partial charge is 0.491 e. The predicted molar refractivity (Wildman–Crippen MR) is 137 cm³/mol. The van der Waals surface area contributed by atoms with E-state index in [2.05, 4.69) is 25.7 Å². The molecule has 0 saturated carbocycles. The van der Waals surface area contributed by atoms with Crippen molar-refractivity contribution in [1.29, 1.82) is 0 Å². The van der Waals surface area contributed by atoms with E-state index in [0.717, 1.165) is 29.1 Å². The van der Waals surface area contributed by atoms with Crippen LogP contribution in [0.3, 0.4) is 0 Å². The van der Waals surface area contributed by atoms with Gasteiger partial charge >= 0.3 is 0 Å². The molecule has 0 saturated heterocycles. The lowest BCUT2D eigenvalue weighted by atomic mass is 10.1. The predicted octanol–water partition coefficient (Wildman–Crippen LogP) is 3.46. The van der Waals surface area contributed by atoms with Crippen molar-refractivity contribution in [2.24, 2.45) is 4.99 Å². The van der Waals surface area contributed by atoms with Crippen LogP contribution >= 0.6 is 24.0 Å². The highest BCUT2D eigenvalue weighted by atomic mass is 127. The number of nitrogens with zero attached hydrogens (tertiary/aromatic N) is 4. The van der Waals surface area contributed by atoms with Crippen LogP contribution in [-0.2, 0) is 6.54 Å². The lowest BCUT2D eigenvalue weighted by Gasteiger charge is -2.17. The average molecular weight is 550 g/mol. The molecule has 0 aliphatic heterocycles. The highest BCUT2D eigenvalue weighted by molar-refractivity contribution is 14.0. The number of hydrogen-bond acceptors (Lipinski definition) is 5. The molecule has 0 fully saturated rings.